The van der Waals surface area contributed by atoms with Gasteiger partial charge in [0.05, 0.1) is 0 Å². The van der Waals surface area contributed by atoms with E-state index in [0.29, 0.717) is 11.4 Å². The van der Waals surface area contributed by atoms with Crippen molar-refractivity contribution in [2.75, 3.05) is 11.9 Å². The van der Waals surface area contributed by atoms with E-state index in [1.165, 1.54) is 6.92 Å². The van der Waals surface area contributed by atoms with Crippen molar-refractivity contribution in [3.05, 3.63) is 58.7 Å². The molecule has 0 aliphatic carbocycles. The summed E-state index contributed by atoms with van der Waals surface area (Å²) in [5.41, 5.74) is 4.80. The number of esters is 1. The number of ether oxygens (including phenoxy) is 2. The minimum absolute atomic E-state index is 0.246. The van der Waals surface area contributed by atoms with E-state index in [2.05, 4.69) is 5.32 Å². The first kappa shape index (κ1) is 19.5. The highest BCUT2D eigenvalue weighted by molar-refractivity contribution is 5.95. The highest BCUT2D eigenvalue weighted by atomic mass is 16.6. The summed E-state index contributed by atoms with van der Waals surface area (Å²) in [6.45, 7) is 9.06. The third-order valence-electron chi connectivity index (χ3n) is 3.88. The first-order chi connectivity index (χ1) is 12.2. The van der Waals surface area contributed by atoms with Crippen LogP contribution >= 0.6 is 0 Å². The molecule has 0 aliphatic rings. The zero-order valence-electron chi connectivity index (χ0n) is 15.9. The van der Waals surface area contributed by atoms with Crippen LogP contribution in [0.1, 0.15) is 29.2 Å². The van der Waals surface area contributed by atoms with Gasteiger partial charge in [0.15, 0.2) is 12.7 Å². The first-order valence-electron chi connectivity index (χ1n) is 8.53. The van der Waals surface area contributed by atoms with Gasteiger partial charge >= 0.3 is 5.97 Å². The summed E-state index contributed by atoms with van der Waals surface area (Å²) >= 11 is 0. The molecule has 26 heavy (non-hydrogen) atoms. The summed E-state index contributed by atoms with van der Waals surface area (Å²) in [5.74, 6) is -0.363. The molecule has 138 valence electrons. The molecule has 2 aromatic rings. The number of anilines is 1. The molecule has 1 amide bonds. The fraction of sp³-hybridized carbons (Fsp3) is 0.333. The van der Waals surface area contributed by atoms with E-state index in [1.807, 2.05) is 64.1 Å². The molecule has 0 radical (unpaired) electrons. The van der Waals surface area contributed by atoms with Gasteiger partial charge in [-0.1, -0.05) is 18.2 Å². The maximum Gasteiger partial charge on any atom is 0.344 e. The minimum Gasteiger partial charge on any atom is -0.482 e. The number of amides is 1. The smallest absolute Gasteiger partial charge is 0.344 e. The molecule has 2 rings (SSSR count). The van der Waals surface area contributed by atoms with Gasteiger partial charge in [-0.15, -0.1) is 0 Å². The van der Waals surface area contributed by atoms with Crippen LogP contribution in [0.15, 0.2) is 36.4 Å². The van der Waals surface area contributed by atoms with Crippen molar-refractivity contribution in [2.45, 2.75) is 40.7 Å². The second kappa shape index (κ2) is 8.52. The molecule has 1 atom stereocenters. The average molecular weight is 355 g/mol. The van der Waals surface area contributed by atoms with Crippen LogP contribution in [0.2, 0.25) is 0 Å². The number of carbonyl (C=O) groups excluding carboxylic acids is 2. The number of carbonyl (C=O) groups is 2. The lowest BCUT2D eigenvalue weighted by molar-refractivity contribution is -0.155. The zero-order chi connectivity index (χ0) is 19.3. The van der Waals surface area contributed by atoms with Gasteiger partial charge in [-0.2, -0.15) is 0 Å². The third-order valence-corrected chi connectivity index (χ3v) is 3.88. The minimum atomic E-state index is -0.912. The van der Waals surface area contributed by atoms with Gasteiger partial charge < -0.3 is 14.8 Å². The van der Waals surface area contributed by atoms with Crippen LogP contribution in [0.5, 0.6) is 5.75 Å². The molecule has 2 aromatic carbocycles. The number of hydrogen-bond donors (Lipinski definition) is 1. The largest absolute Gasteiger partial charge is 0.482 e. The Morgan fingerprint density at radius 3 is 2.27 bits per heavy atom. The lowest BCUT2D eigenvalue weighted by atomic mass is 10.1. The second-order valence-electron chi connectivity index (χ2n) is 6.55. The molecule has 0 fully saturated rings. The normalized spacial score (nSPS) is 11.6. The van der Waals surface area contributed by atoms with Crippen LogP contribution < -0.4 is 10.1 Å². The Balaban J connectivity index is 1.87. The maximum absolute atomic E-state index is 12.2. The summed E-state index contributed by atoms with van der Waals surface area (Å²) in [7, 11) is 0. The van der Waals surface area contributed by atoms with Gasteiger partial charge in [-0.25, -0.2) is 4.79 Å². The highest BCUT2D eigenvalue weighted by Gasteiger charge is 2.19. The Labute approximate surface area is 154 Å². The SMILES string of the molecule is Cc1cc(C)cc(OCC(=O)OC(C)C(=O)Nc2cc(C)ccc2C)c1. The summed E-state index contributed by atoms with van der Waals surface area (Å²) in [6, 6.07) is 11.5. The van der Waals surface area contributed by atoms with Gasteiger partial charge in [0.1, 0.15) is 5.75 Å². The van der Waals surface area contributed by atoms with Crippen LogP contribution in [-0.2, 0) is 14.3 Å². The molecule has 0 saturated carbocycles. The monoisotopic (exact) mass is 355 g/mol. The fourth-order valence-electron chi connectivity index (χ4n) is 2.55. The highest BCUT2D eigenvalue weighted by Crippen LogP contribution is 2.18. The summed E-state index contributed by atoms with van der Waals surface area (Å²) in [5, 5.41) is 2.79. The molecular weight excluding hydrogens is 330 g/mol. The second-order valence-corrected chi connectivity index (χ2v) is 6.55. The number of hydrogen-bond acceptors (Lipinski definition) is 4. The molecule has 1 unspecified atom stereocenters. The van der Waals surface area contributed by atoms with Crippen LogP contribution in [-0.4, -0.2) is 24.6 Å². The van der Waals surface area contributed by atoms with Gasteiger partial charge in [0.2, 0.25) is 0 Å². The van der Waals surface area contributed by atoms with E-state index in [1.54, 1.807) is 0 Å². The molecule has 0 spiro atoms. The molecule has 0 heterocycles. The Bertz CT molecular complexity index is 793. The van der Waals surface area contributed by atoms with Crippen molar-refractivity contribution < 1.29 is 19.1 Å². The first-order valence-corrected chi connectivity index (χ1v) is 8.53. The summed E-state index contributed by atoms with van der Waals surface area (Å²) in [4.78, 5) is 24.2. The topological polar surface area (TPSA) is 64.6 Å². The third kappa shape index (κ3) is 5.62. The molecule has 5 nitrogen and oxygen atoms in total. The van der Waals surface area contributed by atoms with E-state index in [4.69, 9.17) is 9.47 Å². The zero-order valence-corrected chi connectivity index (χ0v) is 15.9. The van der Waals surface area contributed by atoms with Crippen molar-refractivity contribution in [2.24, 2.45) is 0 Å². The summed E-state index contributed by atoms with van der Waals surface area (Å²) < 4.78 is 10.6. The Kier molecular flexibility index (Phi) is 6.39. The molecule has 5 heteroatoms. The molecule has 0 aromatic heterocycles. The molecule has 1 N–H and O–H groups in total. The van der Waals surface area contributed by atoms with E-state index in [0.717, 1.165) is 22.3 Å². The van der Waals surface area contributed by atoms with Crippen molar-refractivity contribution in [1.82, 2.24) is 0 Å². The van der Waals surface area contributed by atoms with Crippen molar-refractivity contribution in [3.8, 4) is 5.75 Å². The number of aryl methyl sites for hydroxylation is 4. The van der Waals surface area contributed by atoms with E-state index in [-0.39, 0.29) is 12.5 Å². The lowest BCUT2D eigenvalue weighted by Crippen LogP contribution is -2.31. The number of rotatable bonds is 6. The van der Waals surface area contributed by atoms with Crippen LogP contribution in [0.25, 0.3) is 0 Å². The Hall–Kier alpha value is -2.82. The van der Waals surface area contributed by atoms with Crippen molar-refractivity contribution in [1.29, 1.82) is 0 Å². The molecule has 0 aliphatic heterocycles. The van der Waals surface area contributed by atoms with Crippen molar-refractivity contribution in [3.63, 3.8) is 0 Å². The maximum atomic E-state index is 12.2. The van der Waals surface area contributed by atoms with Crippen LogP contribution in [0, 0.1) is 27.7 Å². The van der Waals surface area contributed by atoms with Gasteiger partial charge in [-0.3, -0.25) is 4.79 Å². The quantitative estimate of drug-likeness (QED) is 0.799. The van der Waals surface area contributed by atoms with Crippen LogP contribution in [0.3, 0.4) is 0 Å². The van der Waals surface area contributed by atoms with E-state index < -0.39 is 12.1 Å². The van der Waals surface area contributed by atoms with Gasteiger partial charge in [-0.05, 0) is 75.1 Å². The number of benzene rings is 2. The summed E-state index contributed by atoms with van der Waals surface area (Å²) in [6.07, 6.45) is -0.912. The fourth-order valence-corrected chi connectivity index (χ4v) is 2.55. The standard InChI is InChI=1S/C21H25NO4/c1-13-6-7-16(4)19(11-13)22-21(24)17(5)26-20(23)12-25-18-9-14(2)8-15(3)10-18/h6-11,17H,12H2,1-5H3,(H,22,24). The van der Waals surface area contributed by atoms with Gasteiger partial charge in [0.25, 0.3) is 5.91 Å². The predicted molar refractivity (Wildman–Crippen MR) is 102 cm³/mol. The van der Waals surface area contributed by atoms with Crippen molar-refractivity contribution >= 4 is 17.6 Å². The van der Waals surface area contributed by atoms with Gasteiger partial charge in [0, 0.05) is 5.69 Å². The van der Waals surface area contributed by atoms with E-state index in [9.17, 15) is 9.59 Å². The Morgan fingerprint density at radius 2 is 1.62 bits per heavy atom. The van der Waals surface area contributed by atoms with E-state index >= 15 is 0 Å². The lowest BCUT2D eigenvalue weighted by Gasteiger charge is -2.15. The molecule has 0 bridgehead atoms. The molecule has 0 saturated heterocycles. The number of nitrogens with one attached hydrogen (secondary N) is 1. The Morgan fingerprint density at radius 1 is 0.962 bits per heavy atom. The average Bonchev–Trinajstić information content (AvgIpc) is 2.55. The predicted octanol–water partition coefficient (Wildman–Crippen LogP) is 3.87. The van der Waals surface area contributed by atoms with Crippen LogP contribution in [0.4, 0.5) is 5.69 Å². The molecular formula is C21H25NO4.